The van der Waals surface area contributed by atoms with Gasteiger partial charge in [0.05, 0.1) is 13.1 Å². The maximum Gasteiger partial charge on any atom is 0.327 e. The molecule has 0 radical (unpaired) electrons. The van der Waals surface area contributed by atoms with Crippen molar-refractivity contribution in [1.29, 1.82) is 0 Å². The summed E-state index contributed by atoms with van der Waals surface area (Å²) in [5.74, 6) is -0.224. The molecule has 2 fully saturated rings. The molecule has 3 rings (SSSR count). The summed E-state index contributed by atoms with van der Waals surface area (Å²) in [7, 11) is 1.71. The molecule has 124 valence electrons. The van der Waals surface area contributed by atoms with Crippen molar-refractivity contribution in [1.82, 2.24) is 20.0 Å². The van der Waals surface area contributed by atoms with E-state index < -0.39 is 6.04 Å². The number of piperazine rings is 1. The number of hydrogen-bond donors (Lipinski definition) is 1. The van der Waals surface area contributed by atoms with Gasteiger partial charge in [0, 0.05) is 24.5 Å². The molecule has 2 aliphatic rings. The zero-order valence-electron chi connectivity index (χ0n) is 13.0. The molecular weight excluding hydrogens is 316 g/mol. The molecule has 4 amide bonds. The number of carbonyl (C=O) groups excluding carboxylic acids is 3. The summed E-state index contributed by atoms with van der Waals surface area (Å²) in [6, 6.07) is 3.21. The molecule has 1 atom stereocenters. The Balaban J connectivity index is 1.64. The van der Waals surface area contributed by atoms with Gasteiger partial charge in [-0.1, -0.05) is 6.07 Å². The highest BCUT2D eigenvalue weighted by Gasteiger charge is 2.47. The Labute approximate surface area is 138 Å². The molecule has 23 heavy (non-hydrogen) atoms. The maximum absolute atomic E-state index is 12.5. The molecule has 0 aromatic carbocycles. The molecule has 1 aromatic rings. The van der Waals surface area contributed by atoms with Gasteiger partial charge in [-0.2, -0.15) is 0 Å². The van der Waals surface area contributed by atoms with Gasteiger partial charge in [-0.25, -0.2) is 4.79 Å². The summed E-state index contributed by atoms with van der Waals surface area (Å²) < 4.78 is 0. The van der Waals surface area contributed by atoms with Gasteiger partial charge in [0.15, 0.2) is 0 Å². The lowest BCUT2D eigenvalue weighted by Crippen LogP contribution is -2.55. The fraction of sp³-hybridized carbons (Fsp3) is 0.533. The zero-order chi connectivity index (χ0) is 16.4. The van der Waals surface area contributed by atoms with Crippen molar-refractivity contribution < 1.29 is 14.4 Å². The topological polar surface area (TPSA) is 73.0 Å². The van der Waals surface area contributed by atoms with Gasteiger partial charge < -0.3 is 15.1 Å². The molecule has 0 saturated carbocycles. The van der Waals surface area contributed by atoms with Crippen molar-refractivity contribution in [2.45, 2.75) is 12.5 Å². The van der Waals surface area contributed by atoms with Gasteiger partial charge in [-0.3, -0.25) is 14.5 Å². The smallest absolute Gasteiger partial charge is 0.327 e. The van der Waals surface area contributed by atoms with Gasteiger partial charge in [0.25, 0.3) is 5.91 Å². The molecule has 3 heterocycles. The number of fused-ring (bicyclic) bond motifs is 1. The largest absolute Gasteiger partial charge is 0.337 e. The Morgan fingerprint density at radius 1 is 1.39 bits per heavy atom. The number of thiophene rings is 1. The van der Waals surface area contributed by atoms with E-state index in [0.29, 0.717) is 32.6 Å². The van der Waals surface area contributed by atoms with Crippen LogP contribution in [0.2, 0.25) is 0 Å². The highest BCUT2D eigenvalue weighted by atomic mass is 32.1. The first-order chi connectivity index (χ1) is 11.1. The lowest BCUT2D eigenvalue weighted by Gasteiger charge is -2.35. The number of carbonyl (C=O) groups is 3. The van der Waals surface area contributed by atoms with Crippen molar-refractivity contribution in [3.05, 3.63) is 22.4 Å². The highest BCUT2D eigenvalue weighted by molar-refractivity contribution is 7.09. The summed E-state index contributed by atoms with van der Waals surface area (Å²) in [6.07, 6.45) is 0.679. The standard InChI is InChI=1S/C15H20N4O3S/c1-16-9-13(20)17-6-7-18-12(10-17)14(21)19(15(18)22)5-4-11-3-2-8-23-11/h2-3,8,12,16H,4-7,9-10H2,1H3. The molecule has 1 unspecified atom stereocenters. The van der Waals surface area contributed by atoms with Crippen LogP contribution >= 0.6 is 11.3 Å². The second-order valence-corrected chi connectivity index (χ2v) is 6.71. The van der Waals surface area contributed by atoms with Crippen LogP contribution in [0.4, 0.5) is 4.79 Å². The molecule has 0 bridgehead atoms. The molecule has 8 heteroatoms. The van der Waals surface area contributed by atoms with Crippen LogP contribution in [0.15, 0.2) is 17.5 Å². The Bertz CT molecular complexity index is 604. The van der Waals surface area contributed by atoms with E-state index in [-0.39, 0.29) is 24.4 Å². The van der Waals surface area contributed by atoms with Crippen molar-refractivity contribution in [3.63, 3.8) is 0 Å². The number of urea groups is 1. The third-order valence-corrected chi connectivity index (χ3v) is 5.19. The highest BCUT2D eigenvalue weighted by Crippen LogP contribution is 2.23. The van der Waals surface area contributed by atoms with Crippen molar-refractivity contribution in [3.8, 4) is 0 Å². The van der Waals surface area contributed by atoms with E-state index in [2.05, 4.69) is 5.32 Å². The molecule has 7 nitrogen and oxygen atoms in total. The average molecular weight is 336 g/mol. The van der Waals surface area contributed by atoms with Gasteiger partial charge in [0.1, 0.15) is 6.04 Å². The Morgan fingerprint density at radius 2 is 2.22 bits per heavy atom. The van der Waals surface area contributed by atoms with Gasteiger partial charge in [-0.05, 0) is 24.9 Å². The monoisotopic (exact) mass is 336 g/mol. The molecule has 0 aliphatic carbocycles. The minimum absolute atomic E-state index is 0.0376. The first-order valence-corrected chi connectivity index (χ1v) is 8.56. The zero-order valence-corrected chi connectivity index (χ0v) is 13.8. The van der Waals surface area contributed by atoms with E-state index in [1.54, 1.807) is 28.2 Å². The predicted octanol–water partition coefficient (Wildman–Crippen LogP) is -0.0150. The number of likely N-dealkylation sites (N-methyl/N-ethyl adjacent to an activating group) is 1. The van der Waals surface area contributed by atoms with Crippen LogP contribution in [0.25, 0.3) is 0 Å². The number of imide groups is 1. The van der Waals surface area contributed by atoms with Crippen molar-refractivity contribution in [2.24, 2.45) is 0 Å². The van der Waals surface area contributed by atoms with E-state index >= 15 is 0 Å². The Hall–Kier alpha value is -1.93. The number of hydrogen-bond acceptors (Lipinski definition) is 5. The third-order valence-electron chi connectivity index (χ3n) is 4.25. The molecule has 2 saturated heterocycles. The molecule has 1 aromatic heterocycles. The lowest BCUT2D eigenvalue weighted by atomic mass is 10.2. The van der Waals surface area contributed by atoms with Crippen LogP contribution < -0.4 is 5.32 Å². The van der Waals surface area contributed by atoms with E-state index in [1.807, 2.05) is 17.5 Å². The van der Waals surface area contributed by atoms with Crippen LogP contribution in [0.5, 0.6) is 0 Å². The molecule has 1 N–H and O–H groups in total. The minimum Gasteiger partial charge on any atom is -0.337 e. The number of rotatable bonds is 5. The van der Waals surface area contributed by atoms with Crippen LogP contribution in [-0.2, 0) is 16.0 Å². The minimum atomic E-state index is -0.527. The second kappa shape index (κ2) is 6.67. The fourth-order valence-electron chi connectivity index (χ4n) is 3.02. The van der Waals surface area contributed by atoms with Gasteiger partial charge in [0.2, 0.25) is 5.91 Å². The second-order valence-electron chi connectivity index (χ2n) is 5.68. The summed E-state index contributed by atoms with van der Waals surface area (Å²) in [5, 5.41) is 4.81. The molecule has 0 spiro atoms. The van der Waals surface area contributed by atoms with Crippen LogP contribution in [0.3, 0.4) is 0 Å². The van der Waals surface area contributed by atoms with E-state index in [0.717, 1.165) is 4.88 Å². The predicted molar refractivity (Wildman–Crippen MR) is 86.1 cm³/mol. The van der Waals surface area contributed by atoms with Gasteiger partial charge in [-0.15, -0.1) is 11.3 Å². The molecular formula is C15H20N4O3S. The number of nitrogens with one attached hydrogen (secondary N) is 1. The average Bonchev–Trinajstić information content (AvgIpc) is 3.14. The normalized spacial score (nSPS) is 21.1. The third kappa shape index (κ3) is 3.09. The fourth-order valence-corrected chi connectivity index (χ4v) is 3.72. The Morgan fingerprint density at radius 3 is 2.91 bits per heavy atom. The maximum atomic E-state index is 12.5. The van der Waals surface area contributed by atoms with Crippen molar-refractivity contribution in [2.75, 3.05) is 39.8 Å². The quantitative estimate of drug-likeness (QED) is 0.768. The molecule has 2 aliphatic heterocycles. The Kier molecular flexibility index (Phi) is 4.63. The van der Waals surface area contributed by atoms with E-state index in [1.165, 1.54) is 4.90 Å². The summed E-state index contributed by atoms with van der Waals surface area (Å²) in [4.78, 5) is 42.7. The number of nitrogens with zero attached hydrogens (tertiary/aromatic N) is 3. The first-order valence-electron chi connectivity index (χ1n) is 7.68. The summed E-state index contributed by atoms with van der Waals surface area (Å²) in [6.45, 7) is 1.84. The van der Waals surface area contributed by atoms with E-state index in [4.69, 9.17) is 0 Å². The number of amides is 4. The van der Waals surface area contributed by atoms with E-state index in [9.17, 15) is 14.4 Å². The van der Waals surface area contributed by atoms with Gasteiger partial charge >= 0.3 is 6.03 Å². The summed E-state index contributed by atoms with van der Waals surface area (Å²) in [5.41, 5.74) is 0. The SMILES string of the molecule is CNCC(=O)N1CCN2C(=O)N(CCc3cccs3)C(=O)C2C1. The van der Waals surface area contributed by atoms with Crippen molar-refractivity contribution >= 4 is 29.2 Å². The van der Waals surface area contributed by atoms with Crippen LogP contribution in [0.1, 0.15) is 4.88 Å². The summed E-state index contributed by atoms with van der Waals surface area (Å²) >= 11 is 1.62. The van der Waals surface area contributed by atoms with Crippen LogP contribution in [0, 0.1) is 0 Å². The lowest BCUT2D eigenvalue weighted by molar-refractivity contribution is -0.135. The first kappa shape index (κ1) is 15.9. The van der Waals surface area contributed by atoms with Crippen LogP contribution in [-0.4, -0.2) is 78.4 Å².